The average Bonchev–Trinajstić information content (AvgIpc) is 2.22. The molecule has 0 bridgehead atoms. The van der Waals surface area contributed by atoms with E-state index in [0.717, 1.165) is 18.2 Å². The molecule has 0 aliphatic heterocycles. The minimum absolute atomic E-state index is 0.0875. The Bertz CT molecular complexity index is 357. The third-order valence-electron chi connectivity index (χ3n) is 1.73. The van der Waals surface area contributed by atoms with E-state index in [2.05, 4.69) is 31.4 Å². The molecule has 0 saturated heterocycles. The number of nitrogens with one attached hydrogen (secondary N) is 2. The Morgan fingerprint density at radius 3 is 2.87 bits per heavy atom. The van der Waals surface area contributed by atoms with Crippen molar-refractivity contribution < 1.29 is 4.79 Å². The molecule has 0 fully saturated rings. The van der Waals surface area contributed by atoms with E-state index in [9.17, 15) is 9.59 Å². The zero-order chi connectivity index (χ0) is 11.1. The highest BCUT2D eigenvalue weighted by Gasteiger charge is 2.02. The zero-order valence-corrected chi connectivity index (χ0v) is 9.71. The van der Waals surface area contributed by atoms with Crippen molar-refractivity contribution in [1.82, 2.24) is 10.2 Å². The predicted molar refractivity (Wildman–Crippen MR) is 61.1 cm³/mol. The monoisotopic (exact) mass is 273 g/mol. The lowest BCUT2D eigenvalue weighted by Gasteiger charge is -2.02. The van der Waals surface area contributed by atoms with Crippen LogP contribution in [0.5, 0.6) is 0 Å². The number of anilines is 1. The molecule has 0 saturated carbocycles. The quantitative estimate of drug-likeness (QED) is 0.627. The highest BCUT2D eigenvalue weighted by molar-refractivity contribution is 9.09. The lowest BCUT2D eigenvalue weighted by Crippen LogP contribution is -2.15. The summed E-state index contributed by atoms with van der Waals surface area (Å²) in [6, 6.07) is 2.79. The highest BCUT2D eigenvalue weighted by Crippen LogP contribution is 2.02. The van der Waals surface area contributed by atoms with E-state index in [1.807, 2.05) is 0 Å². The van der Waals surface area contributed by atoms with Gasteiger partial charge in [0.05, 0.1) is 0 Å². The molecule has 0 aliphatic rings. The van der Waals surface area contributed by atoms with Gasteiger partial charge in [0.2, 0.25) is 5.91 Å². The number of H-pyrrole nitrogens is 1. The van der Waals surface area contributed by atoms with Gasteiger partial charge in [0.25, 0.3) is 5.56 Å². The number of hydrogen-bond donors (Lipinski definition) is 2. The number of rotatable bonds is 5. The molecular weight excluding hydrogens is 262 g/mol. The van der Waals surface area contributed by atoms with Crippen LogP contribution in [-0.2, 0) is 4.79 Å². The lowest BCUT2D eigenvalue weighted by atomic mass is 10.2. The molecule has 1 heterocycles. The Morgan fingerprint density at radius 2 is 2.27 bits per heavy atom. The first-order valence-electron chi connectivity index (χ1n) is 4.64. The third-order valence-corrected chi connectivity index (χ3v) is 2.29. The molecule has 0 unspecified atom stereocenters. The van der Waals surface area contributed by atoms with Gasteiger partial charge in [-0.3, -0.25) is 9.59 Å². The lowest BCUT2D eigenvalue weighted by molar-refractivity contribution is -0.116. The van der Waals surface area contributed by atoms with E-state index in [0.29, 0.717) is 12.2 Å². The molecule has 6 heteroatoms. The number of carbonyl (C=O) groups is 1. The summed E-state index contributed by atoms with van der Waals surface area (Å²) in [5.41, 5.74) is -0.285. The van der Waals surface area contributed by atoms with Crippen LogP contribution in [0.15, 0.2) is 16.9 Å². The second-order valence-electron chi connectivity index (χ2n) is 3.00. The fourth-order valence-corrected chi connectivity index (χ4v) is 1.40. The highest BCUT2D eigenvalue weighted by atomic mass is 79.9. The molecule has 2 N–H and O–H groups in total. The van der Waals surface area contributed by atoms with Crippen LogP contribution in [-0.4, -0.2) is 21.4 Å². The molecule has 0 aromatic carbocycles. The van der Waals surface area contributed by atoms with Crippen LogP contribution < -0.4 is 10.9 Å². The normalized spacial score (nSPS) is 9.93. The number of carbonyl (C=O) groups excluding carboxylic acids is 1. The smallest absolute Gasteiger partial charge is 0.264 e. The van der Waals surface area contributed by atoms with E-state index in [-0.39, 0.29) is 11.5 Å². The Balaban J connectivity index is 2.37. The number of nitrogens with zero attached hydrogens (tertiary/aromatic N) is 1. The van der Waals surface area contributed by atoms with Crippen LogP contribution in [0.1, 0.15) is 19.3 Å². The van der Waals surface area contributed by atoms with Gasteiger partial charge in [-0.1, -0.05) is 15.9 Å². The minimum Gasteiger partial charge on any atom is -0.309 e. The molecule has 1 aromatic rings. The minimum atomic E-state index is -0.285. The van der Waals surface area contributed by atoms with Crippen molar-refractivity contribution in [3.63, 3.8) is 0 Å². The summed E-state index contributed by atoms with van der Waals surface area (Å²) in [5.74, 6) is 0.286. The average molecular weight is 274 g/mol. The SMILES string of the molecule is O=C(CCCCBr)Nc1ccc(=O)[nH]n1. The standard InChI is InChI=1S/C9H12BrN3O2/c10-6-2-1-3-8(14)11-7-4-5-9(15)13-12-7/h4-5H,1-3,6H2,(H,13,15)(H,11,12,14). The van der Waals surface area contributed by atoms with E-state index < -0.39 is 0 Å². The van der Waals surface area contributed by atoms with Gasteiger partial charge in [-0.05, 0) is 18.9 Å². The predicted octanol–water partition coefficient (Wildman–Crippen LogP) is 1.27. The number of aromatic amines is 1. The number of alkyl halides is 1. The van der Waals surface area contributed by atoms with Crippen molar-refractivity contribution >= 4 is 27.7 Å². The van der Waals surface area contributed by atoms with Gasteiger partial charge >= 0.3 is 0 Å². The van der Waals surface area contributed by atoms with Gasteiger partial charge in [-0.15, -0.1) is 0 Å². The van der Waals surface area contributed by atoms with Crippen LogP contribution >= 0.6 is 15.9 Å². The molecule has 82 valence electrons. The Hall–Kier alpha value is -1.17. The number of amides is 1. The van der Waals surface area contributed by atoms with Crippen LogP contribution in [0.4, 0.5) is 5.82 Å². The van der Waals surface area contributed by atoms with E-state index in [4.69, 9.17) is 0 Å². The van der Waals surface area contributed by atoms with Gasteiger partial charge in [0, 0.05) is 17.8 Å². The van der Waals surface area contributed by atoms with Gasteiger partial charge in [0.1, 0.15) is 0 Å². The van der Waals surface area contributed by atoms with Crippen molar-refractivity contribution in [1.29, 1.82) is 0 Å². The Morgan fingerprint density at radius 1 is 1.47 bits per heavy atom. The van der Waals surface area contributed by atoms with Gasteiger partial charge in [-0.25, -0.2) is 5.10 Å². The Labute approximate surface area is 95.4 Å². The molecule has 0 radical (unpaired) electrons. The summed E-state index contributed by atoms with van der Waals surface area (Å²) in [7, 11) is 0. The first-order valence-corrected chi connectivity index (χ1v) is 5.76. The molecular formula is C9H12BrN3O2. The molecule has 1 rings (SSSR count). The number of aromatic nitrogens is 2. The molecule has 15 heavy (non-hydrogen) atoms. The summed E-state index contributed by atoms with van der Waals surface area (Å²) < 4.78 is 0. The van der Waals surface area contributed by atoms with Crippen LogP contribution in [0, 0.1) is 0 Å². The van der Waals surface area contributed by atoms with Crippen LogP contribution in [0.2, 0.25) is 0 Å². The number of halogens is 1. The van der Waals surface area contributed by atoms with E-state index in [1.165, 1.54) is 12.1 Å². The second-order valence-corrected chi connectivity index (χ2v) is 3.79. The maximum absolute atomic E-state index is 11.3. The second kappa shape index (κ2) is 6.34. The Kier molecular flexibility index (Phi) is 5.03. The van der Waals surface area contributed by atoms with Gasteiger partial charge < -0.3 is 5.32 Å². The maximum Gasteiger partial charge on any atom is 0.264 e. The first kappa shape index (κ1) is 11.9. The van der Waals surface area contributed by atoms with Crippen molar-refractivity contribution in [2.75, 3.05) is 10.6 Å². The zero-order valence-electron chi connectivity index (χ0n) is 8.12. The van der Waals surface area contributed by atoms with Gasteiger partial charge in [-0.2, -0.15) is 5.10 Å². The van der Waals surface area contributed by atoms with Gasteiger partial charge in [0.15, 0.2) is 5.82 Å². The summed E-state index contributed by atoms with van der Waals surface area (Å²) in [4.78, 5) is 22.0. The molecule has 1 aromatic heterocycles. The van der Waals surface area contributed by atoms with Crippen LogP contribution in [0.25, 0.3) is 0 Å². The molecule has 0 aliphatic carbocycles. The van der Waals surface area contributed by atoms with Crippen LogP contribution in [0.3, 0.4) is 0 Å². The first-order chi connectivity index (χ1) is 7.22. The largest absolute Gasteiger partial charge is 0.309 e. The summed E-state index contributed by atoms with van der Waals surface area (Å²) >= 11 is 3.29. The summed E-state index contributed by atoms with van der Waals surface area (Å²) in [5, 5.41) is 9.41. The topological polar surface area (TPSA) is 74.8 Å². The molecule has 0 atom stereocenters. The van der Waals surface area contributed by atoms with Crippen molar-refractivity contribution in [2.24, 2.45) is 0 Å². The number of hydrogen-bond acceptors (Lipinski definition) is 3. The third kappa shape index (κ3) is 4.73. The fraction of sp³-hybridized carbons (Fsp3) is 0.444. The van der Waals surface area contributed by atoms with E-state index >= 15 is 0 Å². The van der Waals surface area contributed by atoms with Crippen molar-refractivity contribution in [2.45, 2.75) is 19.3 Å². The molecule has 5 nitrogen and oxygen atoms in total. The molecule has 1 amide bonds. The summed E-state index contributed by atoms with van der Waals surface area (Å²) in [6.07, 6.45) is 2.26. The van der Waals surface area contributed by atoms with E-state index in [1.54, 1.807) is 0 Å². The maximum atomic E-state index is 11.3. The summed E-state index contributed by atoms with van der Waals surface area (Å²) in [6.45, 7) is 0. The molecule has 0 spiro atoms. The van der Waals surface area contributed by atoms with Crippen molar-refractivity contribution in [3.8, 4) is 0 Å². The van der Waals surface area contributed by atoms with Crippen molar-refractivity contribution in [3.05, 3.63) is 22.5 Å². The number of unbranched alkanes of at least 4 members (excludes halogenated alkanes) is 1. The fourth-order valence-electron chi connectivity index (χ4n) is 0.999.